The van der Waals surface area contributed by atoms with Crippen molar-refractivity contribution in [3.8, 4) is 0 Å². The summed E-state index contributed by atoms with van der Waals surface area (Å²) in [7, 11) is 0. The van der Waals surface area contributed by atoms with E-state index in [9.17, 15) is 4.79 Å². The molecule has 0 atom stereocenters. The summed E-state index contributed by atoms with van der Waals surface area (Å²) >= 11 is 6.27. The Morgan fingerprint density at radius 3 is 2.90 bits per heavy atom. The highest BCUT2D eigenvalue weighted by atomic mass is 35.5. The number of hydrogen-bond acceptors (Lipinski definition) is 1. The summed E-state index contributed by atoms with van der Waals surface area (Å²) < 4.78 is 0. The van der Waals surface area contributed by atoms with E-state index in [1.807, 2.05) is 12.1 Å². The van der Waals surface area contributed by atoms with Crippen LogP contribution in [0.2, 0.25) is 5.02 Å². The Balaban J connectivity index is 2.09. The van der Waals surface area contributed by atoms with Gasteiger partial charge in [-0.3, -0.25) is 0 Å². The van der Waals surface area contributed by atoms with Crippen molar-refractivity contribution in [2.75, 3.05) is 0 Å². The van der Waals surface area contributed by atoms with Crippen molar-refractivity contribution in [2.45, 2.75) is 19.3 Å². The monoisotopic (exact) mass is 298 g/mol. The van der Waals surface area contributed by atoms with Crippen molar-refractivity contribution in [1.82, 2.24) is 0 Å². The lowest BCUT2D eigenvalue weighted by atomic mass is 9.80. The first kappa shape index (κ1) is 13.9. The molecule has 0 aliphatic heterocycles. The number of carbonyl (C=O) groups is 1. The molecule has 0 heterocycles. The van der Waals surface area contributed by atoms with Gasteiger partial charge >= 0.3 is 5.97 Å². The van der Waals surface area contributed by atoms with E-state index in [1.165, 1.54) is 11.1 Å². The van der Waals surface area contributed by atoms with E-state index in [1.54, 1.807) is 6.07 Å². The van der Waals surface area contributed by atoms with Gasteiger partial charge in [-0.2, -0.15) is 0 Å². The molecule has 1 N–H and O–H groups in total. The maximum atomic E-state index is 11.2. The summed E-state index contributed by atoms with van der Waals surface area (Å²) in [6.45, 7) is 3.78. The van der Waals surface area contributed by atoms with Gasteiger partial charge in [0, 0.05) is 0 Å². The fourth-order valence-corrected chi connectivity index (χ4v) is 3.26. The van der Waals surface area contributed by atoms with Gasteiger partial charge in [-0.1, -0.05) is 47.5 Å². The zero-order valence-corrected chi connectivity index (χ0v) is 12.3. The normalized spacial score (nSPS) is 16.1. The second-order valence-electron chi connectivity index (χ2n) is 5.27. The number of allylic oxidation sites excluding steroid dienone is 7. The average Bonchev–Trinajstić information content (AvgIpc) is 2.47. The van der Waals surface area contributed by atoms with Crippen LogP contribution in [0.4, 0.5) is 0 Å². The molecule has 0 saturated carbocycles. The molecule has 3 heteroatoms. The molecule has 2 nitrogen and oxygen atoms in total. The molecule has 0 bridgehead atoms. The highest BCUT2D eigenvalue weighted by molar-refractivity contribution is 6.34. The fraction of sp³-hybridized carbons (Fsp3) is 0.167. The molecule has 21 heavy (non-hydrogen) atoms. The van der Waals surface area contributed by atoms with Crippen LogP contribution in [0, 0.1) is 0 Å². The smallest absolute Gasteiger partial charge is 0.337 e. The second kappa shape index (κ2) is 5.38. The predicted molar refractivity (Wildman–Crippen MR) is 85.7 cm³/mol. The first-order valence-electron chi connectivity index (χ1n) is 6.87. The quantitative estimate of drug-likeness (QED) is 0.813. The molecule has 0 fully saturated rings. The summed E-state index contributed by atoms with van der Waals surface area (Å²) in [4.78, 5) is 11.2. The Hall–Kier alpha value is -2.06. The van der Waals surface area contributed by atoms with Crippen LogP contribution in [0.1, 0.15) is 34.3 Å². The van der Waals surface area contributed by atoms with E-state index in [4.69, 9.17) is 16.7 Å². The van der Waals surface area contributed by atoms with Crippen LogP contribution in [-0.4, -0.2) is 11.1 Å². The predicted octanol–water partition coefficient (Wildman–Crippen LogP) is 4.81. The number of carboxylic acids is 1. The van der Waals surface area contributed by atoms with Gasteiger partial charge in [0.25, 0.3) is 0 Å². The number of benzene rings is 1. The van der Waals surface area contributed by atoms with Crippen molar-refractivity contribution in [1.29, 1.82) is 0 Å². The van der Waals surface area contributed by atoms with Crippen LogP contribution in [0.5, 0.6) is 0 Å². The summed E-state index contributed by atoms with van der Waals surface area (Å²) in [5.74, 6) is -0.983. The fourth-order valence-electron chi connectivity index (χ4n) is 2.94. The lowest BCUT2D eigenvalue weighted by molar-refractivity contribution is 0.0697. The Morgan fingerprint density at radius 2 is 2.19 bits per heavy atom. The third kappa shape index (κ3) is 2.36. The molecular weight excluding hydrogens is 284 g/mol. The molecule has 0 radical (unpaired) electrons. The first-order valence-corrected chi connectivity index (χ1v) is 7.24. The van der Waals surface area contributed by atoms with E-state index in [-0.39, 0.29) is 5.56 Å². The molecule has 2 aliphatic carbocycles. The Kier molecular flexibility index (Phi) is 3.56. The lowest BCUT2D eigenvalue weighted by Gasteiger charge is -2.25. The van der Waals surface area contributed by atoms with Crippen molar-refractivity contribution >= 4 is 23.1 Å². The van der Waals surface area contributed by atoms with Gasteiger partial charge in [0.2, 0.25) is 0 Å². The van der Waals surface area contributed by atoms with E-state index < -0.39 is 5.97 Å². The largest absolute Gasteiger partial charge is 0.478 e. The zero-order valence-electron chi connectivity index (χ0n) is 11.5. The highest BCUT2D eigenvalue weighted by Gasteiger charge is 2.24. The lowest BCUT2D eigenvalue weighted by Crippen LogP contribution is -2.09. The molecule has 0 spiro atoms. The van der Waals surface area contributed by atoms with Crippen molar-refractivity contribution in [3.05, 3.63) is 75.9 Å². The molecule has 0 unspecified atom stereocenters. The average molecular weight is 299 g/mol. The Labute approximate surface area is 128 Å². The molecule has 106 valence electrons. The van der Waals surface area contributed by atoms with Crippen molar-refractivity contribution < 1.29 is 9.90 Å². The zero-order chi connectivity index (χ0) is 15.0. The van der Waals surface area contributed by atoms with E-state index >= 15 is 0 Å². The maximum absolute atomic E-state index is 11.2. The molecule has 2 aliphatic rings. The SMILES string of the molecule is C=CCC1=CC=C2C(=CCc3c2ccc(C(=O)O)c3Cl)C1. The Morgan fingerprint density at radius 1 is 1.38 bits per heavy atom. The third-order valence-corrected chi connectivity index (χ3v) is 4.40. The number of aromatic carboxylic acids is 1. The number of rotatable bonds is 3. The van der Waals surface area contributed by atoms with Crippen LogP contribution in [-0.2, 0) is 6.42 Å². The molecule has 0 aromatic heterocycles. The minimum Gasteiger partial charge on any atom is -0.478 e. The third-order valence-electron chi connectivity index (χ3n) is 3.97. The van der Waals surface area contributed by atoms with Gasteiger partial charge in [0.1, 0.15) is 0 Å². The minimum atomic E-state index is -0.983. The molecule has 1 aromatic carbocycles. The van der Waals surface area contributed by atoms with Gasteiger partial charge in [-0.25, -0.2) is 4.79 Å². The number of carboxylic acid groups (broad SMARTS) is 1. The number of fused-ring (bicyclic) bond motifs is 3. The van der Waals surface area contributed by atoms with Crippen LogP contribution in [0.3, 0.4) is 0 Å². The van der Waals surface area contributed by atoms with Crippen LogP contribution in [0.15, 0.2) is 54.2 Å². The van der Waals surface area contributed by atoms with Gasteiger partial charge in [-0.05, 0) is 47.6 Å². The number of halogens is 1. The van der Waals surface area contributed by atoms with Crippen molar-refractivity contribution in [2.24, 2.45) is 0 Å². The molecular formula is C18H15ClO2. The summed E-state index contributed by atoms with van der Waals surface area (Å²) in [6, 6.07) is 3.46. The van der Waals surface area contributed by atoms with Crippen LogP contribution in [0.25, 0.3) is 5.57 Å². The summed E-state index contributed by atoms with van der Waals surface area (Å²) in [6.07, 6.45) is 10.8. The van der Waals surface area contributed by atoms with Gasteiger partial charge in [0.05, 0.1) is 10.6 Å². The van der Waals surface area contributed by atoms with Gasteiger partial charge in [-0.15, -0.1) is 6.58 Å². The standard InChI is InChI=1S/C18H15ClO2/c1-2-3-11-4-6-13-12(10-11)5-7-15-14(13)8-9-16(17(15)19)18(20)21/h2,4-6,8-9H,1,3,7,10H2,(H,20,21). The number of hydrogen-bond donors (Lipinski definition) is 1. The van der Waals surface area contributed by atoms with E-state index in [2.05, 4.69) is 24.8 Å². The van der Waals surface area contributed by atoms with Gasteiger partial charge in [0.15, 0.2) is 0 Å². The highest BCUT2D eigenvalue weighted by Crippen LogP contribution is 2.41. The molecule has 0 amide bonds. The van der Waals surface area contributed by atoms with Gasteiger partial charge < -0.3 is 5.11 Å². The van der Waals surface area contributed by atoms with E-state index in [0.717, 1.165) is 29.5 Å². The summed E-state index contributed by atoms with van der Waals surface area (Å²) in [5, 5.41) is 9.52. The molecule has 1 aromatic rings. The Bertz CT molecular complexity index is 736. The summed E-state index contributed by atoms with van der Waals surface area (Å²) in [5.41, 5.74) is 5.93. The maximum Gasteiger partial charge on any atom is 0.337 e. The van der Waals surface area contributed by atoms with Crippen molar-refractivity contribution in [3.63, 3.8) is 0 Å². The minimum absolute atomic E-state index is 0.173. The second-order valence-corrected chi connectivity index (χ2v) is 5.64. The molecule has 3 rings (SSSR count). The topological polar surface area (TPSA) is 37.3 Å². The van der Waals surface area contributed by atoms with Crippen LogP contribution >= 0.6 is 11.6 Å². The molecule has 0 saturated heterocycles. The first-order chi connectivity index (χ1) is 10.1. The van der Waals surface area contributed by atoms with Crippen LogP contribution < -0.4 is 0 Å². The van der Waals surface area contributed by atoms with E-state index in [0.29, 0.717) is 11.4 Å².